The van der Waals surface area contributed by atoms with Gasteiger partial charge in [-0.3, -0.25) is 9.88 Å². The highest BCUT2D eigenvalue weighted by atomic mass is 16.4. The van der Waals surface area contributed by atoms with E-state index in [1.165, 1.54) is 31.9 Å². The van der Waals surface area contributed by atoms with E-state index in [0.717, 1.165) is 24.7 Å². The zero-order valence-corrected chi connectivity index (χ0v) is 10.2. The maximum Gasteiger partial charge on any atom is 0.356 e. The van der Waals surface area contributed by atoms with Gasteiger partial charge in [0.05, 0.1) is 18.1 Å². The zero-order valence-electron chi connectivity index (χ0n) is 10.2. The van der Waals surface area contributed by atoms with Crippen molar-refractivity contribution < 1.29 is 9.90 Å². The first kappa shape index (κ1) is 11.6. The Bertz CT molecular complexity index is 446. The molecule has 2 fully saturated rings. The van der Waals surface area contributed by atoms with E-state index in [0.29, 0.717) is 6.04 Å². The van der Waals surface area contributed by atoms with E-state index >= 15 is 0 Å². The number of aromatic carboxylic acids is 1. The SMILES string of the molecule is O=C(O)c1cnc(CN2CC[C@@H]3CCC[C@@H]32)cn1. The molecule has 5 nitrogen and oxygen atoms in total. The Hall–Kier alpha value is -1.49. The molecule has 1 aromatic rings. The van der Waals surface area contributed by atoms with Gasteiger partial charge >= 0.3 is 5.97 Å². The highest BCUT2D eigenvalue weighted by Gasteiger charge is 2.37. The molecule has 2 atom stereocenters. The number of aromatic nitrogens is 2. The third kappa shape index (κ3) is 2.10. The van der Waals surface area contributed by atoms with E-state index < -0.39 is 5.97 Å². The van der Waals surface area contributed by atoms with Crippen LogP contribution >= 0.6 is 0 Å². The summed E-state index contributed by atoms with van der Waals surface area (Å²) in [6.07, 6.45) is 8.24. The Labute approximate surface area is 106 Å². The minimum absolute atomic E-state index is 0.0129. The molecule has 1 aromatic heterocycles. The number of carboxylic acid groups (broad SMARTS) is 1. The monoisotopic (exact) mass is 247 g/mol. The van der Waals surface area contributed by atoms with Crippen molar-refractivity contribution in [1.82, 2.24) is 14.9 Å². The smallest absolute Gasteiger partial charge is 0.356 e. The summed E-state index contributed by atoms with van der Waals surface area (Å²) in [5.41, 5.74) is 0.881. The first-order chi connectivity index (χ1) is 8.74. The minimum Gasteiger partial charge on any atom is -0.476 e. The maximum absolute atomic E-state index is 10.7. The molecule has 0 spiro atoms. The number of carboxylic acids is 1. The fourth-order valence-electron chi connectivity index (χ4n) is 3.28. The van der Waals surface area contributed by atoms with E-state index in [-0.39, 0.29) is 5.69 Å². The van der Waals surface area contributed by atoms with Crippen LogP contribution in [0.1, 0.15) is 41.9 Å². The topological polar surface area (TPSA) is 66.3 Å². The number of likely N-dealkylation sites (tertiary alicyclic amines) is 1. The normalized spacial score (nSPS) is 27.3. The largest absolute Gasteiger partial charge is 0.476 e. The first-order valence-corrected chi connectivity index (χ1v) is 6.52. The van der Waals surface area contributed by atoms with E-state index in [1.54, 1.807) is 6.20 Å². The lowest BCUT2D eigenvalue weighted by atomic mass is 10.0. The average molecular weight is 247 g/mol. The minimum atomic E-state index is -1.02. The van der Waals surface area contributed by atoms with Gasteiger partial charge in [-0.05, 0) is 31.7 Å². The van der Waals surface area contributed by atoms with Gasteiger partial charge in [-0.2, -0.15) is 0 Å². The van der Waals surface area contributed by atoms with Crippen LogP contribution in [0.25, 0.3) is 0 Å². The second-order valence-corrected chi connectivity index (χ2v) is 5.22. The van der Waals surface area contributed by atoms with Gasteiger partial charge in [0.1, 0.15) is 0 Å². The van der Waals surface area contributed by atoms with Crippen LogP contribution in [0.5, 0.6) is 0 Å². The van der Waals surface area contributed by atoms with Crippen LogP contribution in [0.4, 0.5) is 0 Å². The van der Waals surface area contributed by atoms with Crippen molar-refractivity contribution in [3.8, 4) is 0 Å². The van der Waals surface area contributed by atoms with Gasteiger partial charge in [0, 0.05) is 12.6 Å². The fourth-order valence-corrected chi connectivity index (χ4v) is 3.28. The van der Waals surface area contributed by atoms with Crippen molar-refractivity contribution in [3.05, 3.63) is 23.8 Å². The fraction of sp³-hybridized carbons (Fsp3) is 0.615. The Morgan fingerprint density at radius 3 is 2.94 bits per heavy atom. The molecule has 0 unspecified atom stereocenters. The second kappa shape index (κ2) is 4.65. The first-order valence-electron chi connectivity index (χ1n) is 6.52. The molecule has 1 saturated carbocycles. The lowest BCUT2D eigenvalue weighted by Gasteiger charge is -2.22. The number of hydrogen-bond donors (Lipinski definition) is 1. The summed E-state index contributed by atoms with van der Waals surface area (Å²) in [6, 6.07) is 0.714. The molecule has 1 saturated heterocycles. The van der Waals surface area contributed by atoms with Crippen LogP contribution in [-0.4, -0.2) is 38.5 Å². The van der Waals surface area contributed by atoms with Gasteiger partial charge in [-0.1, -0.05) is 6.42 Å². The molecule has 1 aliphatic carbocycles. The van der Waals surface area contributed by atoms with Crippen molar-refractivity contribution in [1.29, 1.82) is 0 Å². The van der Waals surface area contributed by atoms with E-state index in [9.17, 15) is 4.79 Å². The third-order valence-corrected chi connectivity index (χ3v) is 4.16. The van der Waals surface area contributed by atoms with Gasteiger partial charge in [0.2, 0.25) is 0 Å². The van der Waals surface area contributed by atoms with Gasteiger partial charge in [0.25, 0.3) is 0 Å². The summed E-state index contributed by atoms with van der Waals surface area (Å²) in [5, 5.41) is 8.77. The van der Waals surface area contributed by atoms with Gasteiger partial charge in [0.15, 0.2) is 5.69 Å². The summed E-state index contributed by atoms with van der Waals surface area (Å²) in [5.74, 6) is -0.151. The third-order valence-electron chi connectivity index (χ3n) is 4.16. The van der Waals surface area contributed by atoms with Crippen molar-refractivity contribution >= 4 is 5.97 Å². The molecule has 1 N–H and O–H groups in total. The van der Waals surface area contributed by atoms with Crippen LogP contribution in [0.15, 0.2) is 12.4 Å². The van der Waals surface area contributed by atoms with E-state index in [4.69, 9.17) is 5.11 Å². The van der Waals surface area contributed by atoms with Gasteiger partial charge < -0.3 is 5.11 Å². The molecule has 18 heavy (non-hydrogen) atoms. The Kier molecular flexibility index (Phi) is 2.99. The zero-order chi connectivity index (χ0) is 12.5. The Morgan fingerprint density at radius 2 is 2.22 bits per heavy atom. The molecule has 5 heteroatoms. The predicted molar refractivity (Wildman–Crippen MR) is 65.1 cm³/mol. The molecule has 0 amide bonds. The molecule has 1 aliphatic heterocycles. The standard InChI is InChI=1S/C13H17N3O2/c17-13(18)11-7-14-10(6-15-11)8-16-5-4-9-2-1-3-12(9)16/h6-7,9,12H,1-5,8H2,(H,17,18)/t9-,12-/m0/s1. The molecular weight excluding hydrogens is 230 g/mol. The number of nitrogens with zero attached hydrogens (tertiary/aromatic N) is 3. The lowest BCUT2D eigenvalue weighted by molar-refractivity contribution is 0.0690. The maximum atomic E-state index is 10.7. The summed E-state index contributed by atoms with van der Waals surface area (Å²) >= 11 is 0. The molecule has 2 aliphatic rings. The highest BCUT2D eigenvalue weighted by Crippen LogP contribution is 2.38. The van der Waals surface area contributed by atoms with Crippen molar-refractivity contribution in [2.24, 2.45) is 5.92 Å². The average Bonchev–Trinajstić information content (AvgIpc) is 2.95. The van der Waals surface area contributed by atoms with Crippen molar-refractivity contribution in [2.75, 3.05) is 6.54 Å². The molecule has 0 aromatic carbocycles. The number of fused-ring (bicyclic) bond motifs is 1. The number of rotatable bonds is 3. The molecule has 2 heterocycles. The summed E-state index contributed by atoms with van der Waals surface area (Å²) in [6.45, 7) is 1.94. The van der Waals surface area contributed by atoms with Crippen LogP contribution in [0.2, 0.25) is 0 Å². The Morgan fingerprint density at radius 1 is 1.33 bits per heavy atom. The number of carbonyl (C=O) groups is 1. The summed E-state index contributed by atoms with van der Waals surface area (Å²) < 4.78 is 0. The second-order valence-electron chi connectivity index (χ2n) is 5.22. The van der Waals surface area contributed by atoms with Crippen molar-refractivity contribution in [2.45, 2.75) is 38.3 Å². The molecule has 0 radical (unpaired) electrons. The van der Waals surface area contributed by atoms with Gasteiger partial charge in [-0.25, -0.2) is 9.78 Å². The molecule has 0 bridgehead atoms. The number of hydrogen-bond acceptors (Lipinski definition) is 4. The van der Waals surface area contributed by atoms with Crippen molar-refractivity contribution in [3.63, 3.8) is 0 Å². The molecule has 3 rings (SSSR count). The predicted octanol–water partition coefficient (Wildman–Crippen LogP) is 1.55. The summed E-state index contributed by atoms with van der Waals surface area (Å²) in [7, 11) is 0. The van der Waals surface area contributed by atoms with E-state index in [1.807, 2.05) is 0 Å². The van der Waals surface area contributed by atoms with E-state index in [2.05, 4.69) is 14.9 Å². The van der Waals surface area contributed by atoms with Gasteiger partial charge in [-0.15, -0.1) is 0 Å². The lowest BCUT2D eigenvalue weighted by Crippen LogP contribution is -2.29. The van der Waals surface area contributed by atoms with Crippen LogP contribution in [-0.2, 0) is 6.54 Å². The van der Waals surface area contributed by atoms with Crippen LogP contribution in [0, 0.1) is 5.92 Å². The van der Waals surface area contributed by atoms with Crippen LogP contribution in [0.3, 0.4) is 0 Å². The highest BCUT2D eigenvalue weighted by molar-refractivity contribution is 5.84. The quantitative estimate of drug-likeness (QED) is 0.877. The Balaban J connectivity index is 1.67. The summed E-state index contributed by atoms with van der Waals surface area (Å²) in [4.78, 5) is 21.3. The van der Waals surface area contributed by atoms with Crippen LogP contribution < -0.4 is 0 Å². The molecule has 96 valence electrons. The molecular formula is C13H17N3O2.